The Balaban J connectivity index is 1.29. The van der Waals surface area contributed by atoms with E-state index >= 15 is 0 Å². The Morgan fingerprint density at radius 1 is 1.22 bits per heavy atom. The molecule has 2 aromatic heterocycles. The summed E-state index contributed by atoms with van der Waals surface area (Å²) >= 11 is 0. The van der Waals surface area contributed by atoms with E-state index in [-0.39, 0.29) is 5.56 Å². The molecular weight excluding hydrogens is 402 g/mol. The Morgan fingerprint density at radius 3 is 2.88 bits per heavy atom. The van der Waals surface area contributed by atoms with Gasteiger partial charge < -0.3 is 14.2 Å². The summed E-state index contributed by atoms with van der Waals surface area (Å²) in [6, 6.07) is 2.31. The van der Waals surface area contributed by atoms with Gasteiger partial charge >= 0.3 is 0 Å². The second-order valence-corrected chi connectivity index (χ2v) is 10.1. The van der Waals surface area contributed by atoms with Crippen molar-refractivity contribution in [3.63, 3.8) is 0 Å². The first kappa shape index (κ1) is 21.7. The van der Waals surface area contributed by atoms with Crippen LogP contribution in [0.2, 0.25) is 0 Å². The van der Waals surface area contributed by atoms with Crippen molar-refractivity contribution in [1.29, 1.82) is 0 Å². The second-order valence-electron chi connectivity index (χ2n) is 10.1. The lowest BCUT2D eigenvalue weighted by molar-refractivity contribution is 0.0961. The molecule has 2 atom stereocenters. The zero-order chi connectivity index (χ0) is 22.2. The number of H-pyrrole nitrogens is 1. The highest BCUT2D eigenvalue weighted by molar-refractivity contribution is 5.35. The van der Waals surface area contributed by atoms with Crippen molar-refractivity contribution in [2.45, 2.75) is 78.6 Å². The Hall–Kier alpha value is -2.12. The van der Waals surface area contributed by atoms with Crippen LogP contribution in [-0.4, -0.2) is 51.8 Å². The van der Waals surface area contributed by atoms with Gasteiger partial charge in [-0.2, -0.15) is 0 Å². The van der Waals surface area contributed by atoms with Gasteiger partial charge in [0.05, 0.1) is 17.4 Å². The molecule has 7 nitrogen and oxygen atoms in total. The lowest BCUT2D eigenvalue weighted by Crippen LogP contribution is -2.39. The number of nitrogens with one attached hydrogen (secondary N) is 1. The van der Waals surface area contributed by atoms with Gasteiger partial charge in [0.25, 0.3) is 5.56 Å². The second kappa shape index (κ2) is 9.02. The maximum Gasteiger partial charge on any atom is 0.257 e. The third kappa shape index (κ3) is 4.37. The Labute approximate surface area is 190 Å². The van der Waals surface area contributed by atoms with E-state index in [2.05, 4.69) is 46.2 Å². The molecule has 0 aliphatic carbocycles. The normalized spacial score (nSPS) is 24.2. The number of fused-ring (bicyclic) bond motifs is 1. The number of nitrogens with zero attached hydrogens (tertiary/aromatic N) is 4. The quantitative estimate of drug-likeness (QED) is 0.775. The van der Waals surface area contributed by atoms with Crippen molar-refractivity contribution in [2.75, 3.05) is 31.1 Å². The van der Waals surface area contributed by atoms with E-state index in [1.165, 1.54) is 36.2 Å². The van der Waals surface area contributed by atoms with E-state index in [9.17, 15) is 4.79 Å². The van der Waals surface area contributed by atoms with Crippen molar-refractivity contribution in [3.05, 3.63) is 44.6 Å². The monoisotopic (exact) mass is 439 g/mol. The maximum atomic E-state index is 13.0. The highest BCUT2D eigenvalue weighted by atomic mass is 16.5. The molecule has 0 radical (unpaired) electrons. The molecule has 32 heavy (non-hydrogen) atoms. The first-order valence-corrected chi connectivity index (χ1v) is 12.3. The molecule has 0 saturated carbocycles. The largest absolute Gasteiger partial charge is 0.376 e. The number of hydrogen-bond donors (Lipinski definition) is 1. The van der Waals surface area contributed by atoms with Crippen LogP contribution in [0, 0.1) is 19.8 Å². The van der Waals surface area contributed by atoms with Crippen LogP contribution in [0.5, 0.6) is 0 Å². The molecule has 3 aliphatic heterocycles. The van der Waals surface area contributed by atoms with E-state index in [0.717, 1.165) is 69.4 Å². The molecule has 2 saturated heterocycles. The Kier molecular flexibility index (Phi) is 6.12. The fraction of sp³-hybridized carbons (Fsp3) is 0.680. The van der Waals surface area contributed by atoms with Gasteiger partial charge in [-0.3, -0.25) is 14.7 Å². The first-order chi connectivity index (χ1) is 15.5. The average molecular weight is 440 g/mol. The van der Waals surface area contributed by atoms with Gasteiger partial charge in [0.15, 0.2) is 0 Å². The smallest absolute Gasteiger partial charge is 0.257 e. The molecule has 3 aliphatic rings. The lowest BCUT2D eigenvalue weighted by Gasteiger charge is -2.33. The number of rotatable bonds is 5. The van der Waals surface area contributed by atoms with E-state index in [0.29, 0.717) is 18.6 Å². The predicted molar refractivity (Wildman–Crippen MR) is 126 cm³/mol. The van der Waals surface area contributed by atoms with Crippen LogP contribution in [0.4, 0.5) is 5.95 Å². The van der Waals surface area contributed by atoms with Gasteiger partial charge in [-0.15, -0.1) is 0 Å². The molecule has 0 unspecified atom stereocenters. The zero-order valence-corrected chi connectivity index (χ0v) is 19.8. The number of ether oxygens (including phenoxy) is 1. The number of aryl methyl sites for hydroxylation is 1. The molecule has 0 spiro atoms. The number of hydrogen-bond acceptors (Lipinski definition) is 5. The van der Waals surface area contributed by atoms with Crippen LogP contribution in [0.25, 0.3) is 0 Å². The molecule has 5 rings (SSSR count). The Bertz CT molecular complexity index is 1020. The van der Waals surface area contributed by atoms with Gasteiger partial charge in [-0.1, -0.05) is 6.92 Å². The molecule has 0 amide bonds. The van der Waals surface area contributed by atoms with Crippen LogP contribution >= 0.6 is 0 Å². The number of anilines is 1. The van der Waals surface area contributed by atoms with E-state index in [4.69, 9.17) is 9.72 Å². The third-order valence-electron chi connectivity index (χ3n) is 7.57. The molecule has 0 bridgehead atoms. The summed E-state index contributed by atoms with van der Waals surface area (Å²) in [5, 5.41) is 0. The number of piperidine rings is 1. The summed E-state index contributed by atoms with van der Waals surface area (Å²) in [5.74, 6) is 1.42. The molecule has 2 fully saturated rings. The van der Waals surface area contributed by atoms with Crippen LogP contribution < -0.4 is 10.5 Å². The van der Waals surface area contributed by atoms with Crippen molar-refractivity contribution >= 4 is 5.95 Å². The zero-order valence-electron chi connectivity index (χ0n) is 19.8. The summed E-state index contributed by atoms with van der Waals surface area (Å²) in [7, 11) is 0. The summed E-state index contributed by atoms with van der Waals surface area (Å²) in [6.45, 7) is 13.0. The minimum absolute atomic E-state index is 0.0387. The highest BCUT2D eigenvalue weighted by Gasteiger charge is 2.26. The van der Waals surface area contributed by atoms with Crippen molar-refractivity contribution in [1.82, 2.24) is 19.4 Å². The summed E-state index contributed by atoms with van der Waals surface area (Å²) in [6.07, 6.45) is 5.94. The fourth-order valence-corrected chi connectivity index (χ4v) is 5.68. The van der Waals surface area contributed by atoms with Gasteiger partial charge in [0.1, 0.15) is 0 Å². The molecule has 7 heteroatoms. The van der Waals surface area contributed by atoms with Crippen molar-refractivity contribution in [3.8, 4) is 0 Å². The number of aromatic amines is 1. The maximum absolute atomic E-state index is 13.0. The molecule has 0 aromatic carbocycles. The van der Waals surface area contributed by atoms with Crippen LogP contribution in [0.15, 0.2) is 10.9 Å². The minimum Gasteiger partial charge on any atom is -0.376 e. The van der Waals surface area contributed by atoms with E-state index in [1.54, 1.807) is 0 Å². The molecule has 174 valence electrons. The molecule has 1 N–H and O–H groups in total. The predicted octanol–water partition coefficient (Wildman–Crippen LogP) is 3.16. The number of aromatic nitrogens is 3. The van der Waals surface area contributed by atoms with Crippen LogP contribution in [-0.2, 0) is 30.8 Å². The molecular formula is C25H37N5O2. The van der Waals surface area contributed by atoms with Gasteiger partial charge in [-0.25, -0.2) is 4.98 Å². The summed E-state index contributed by atoms with van der Waals surface area (Å²) in [4.78, 5) is 25.6. The van der Waals surface area contributed by atoms with Crippen molar-refractivity contribution < 1.29 is 4.74 Å². The summed E-state index contributed by atoms with van der Waals surface area (Å²) < 4.78 is 8.26. The highest BCUT2D eigenvalue weighted by Crippen LogP contribution is 2.25. The standard InChI is InChI=1S/C25H37N5O2/c1-17-6-4-9-29(13-17)25-26-23-8-10-28(16-22(23)24(31)27-25)14-20-12-18(2)30(19(20)3)15-21-7-5-11-32-21/h12,17,21H,4-11,13-16H2,1-3H3,(H,26,27,31)/t17-,21+/m0/s1. The molecule has 5 heterocycles. The van der Waals surface area contributed by atoms with Crippen LogP contribution in [0.3, 0.4) is 0 Å². The van der Waals surface area contributed by atoms with Crippen LogP contribution in [0.1, 0.15) is 60.8 Å². The average Bonchev–Trinajstić information content (AvgIpc) is 3.38. The van der Waals surface area contributed by atoms with E-state index in [1.807, 2.05) is 0 Å². The fourth-order valence-electron chi connectivity index (χ4n) is 5.68. The minimum atomic E-state index is 0.0387. The van der Waals surface area contributed by atoms with Crippen molar-refractivity contribution in [2.24, 2.45) is 5.92 Å². The topological polar surface area (TPSA) is 66.4 Å². The van der Waals surface area contributed by atoms with E-state index < -0.39 is 0 Å². The van der Waals surface area contributed by atoms with Gasteiger partial charge in [0.2, 0.25) is 5.95 Å². The first-order valence-electron chi connectivity index (χ1n) is 12.3. The van der Waals surface area contributed by atoms with Gasteiger partial charge in [0, 0.05) is 63.7 Å². The Morgan fingerprint density at radius 2 is 2.09 bits per heavy atom. The lowest BCUT2D eigenvalue weighted by atomic mass is 10.0. The SMILES string of the molecule is Cc1cc(CN2CCc3nc(N4CCC[C@H](C)C4)[nH]c(=O)c3C2)c(C)n1C[C@H]1CCCO1. The third-order valence-corrected chi connectivity index (χ3v) is 7.57. The van der Waals surface area contributed by atoms with Gasteiger partial charge in [-0.05, 0) is 57.1 Å². The molecule has 2 aromatic rings. The summed E-state index contributed by atoms with van der Waals surface area (Å²) in [5.41, 5.74) is 5.85.